The average molecular weight is 371 g/mol. The highest BCUT2D eigenvalue weighted by Gasteiger charge is 2.30. The second kappa shape index (κ2) is 6.37. The first-order chi connectivity index (χ1) is 12.4. The Morgan fingerprint density at radius 3 is 2.50 bits per heavy atom. The molecule has 2 aromatic carbocycles. The summed E-state index contributed by atoms with van der Waals surface area (Å²) in [4.78, 5) is 1.79. The summed E-state index contributed by atoms with van der Waals surface area (Å²) in [6.07, 6.45) is 2.90. The van der Waals surface area contributed by atoms with Gasteiger partial charge in [0.25, 0.3) is 0 Å². The predicted octanol–water partition coefficient (Wildman–Crippen LogP) is 2.57. The Morgan fingerprint density at radius 1 is 1.04 bits per heavy atom. The van der Waals surface area contributed by atoms with Crippen LogP contribution in [-0.4, -0.2) is 40.3 Å². The van der Waals surface area contributed by atoms with Gasteiger partial charge in [0.05, 0.1) is 10.6 Å². The van der Waals surface area contributed by atoms with Crippen LogP contribution in [0.5, 0.6) is 0 Å². The summed E-state index contributed by atoms with van der Waals surface area (Å²) in [5.41, 5.74) is 8.53. The van der Waals surface area contributed by atoms with Gasteiger partial charge in [0.1, 0.15) is 11.0 Å². The summed E-state index contributed by atoms with van der Waals surface area (Å²) in [6, 6.07) is 12.1. The molecule has 1 aliphatic heterocycles. The maximum Gasteiger partial charge on any atom is 0.243 e. The highest BCUT2D eigenvalue weighted by Crippen LogP contribution is 2.25. The number of hydrogen-bond acceptors (Lipinski definition) is 5. The molecular weight excluding hydrogens is 350 g/mol. The standard InChI is InChI=1S/C18H21N5O2S/c1-13-4-2-3-11-22(13)26(24,25)16-8-6-15(7-9-16)23-20-17-10-5-14(19)12-18(17)21-23/h5-10,12-13H,2-4,11,19H2,1H3/t13-/m1/s1. The number of nitrogen functional groups attached to an aromatic ring is 1. The molecular formula is C18H21N5O2S. The molecule has 1 aliphatic rings. The van der Waals surface area contributed by atoms with Crippen molar-refractivity contribution in [2.45, 2.75) is 37.1 Å². The van der Waals surface area contributed by atoms with Crippen molar-refractivity contribution in [1.29, 1.82) is 0 Å². The van der Waals surface area contributed by atoms with Crippen molar-refractivity contribution in [2.24, 2.45) is 0 Å². The van der Waals surface area contributed by atoms with Crippen molar-refractivity contribution < 1.29 is 8.42 Å². The maximum absolute atomic E-state index is 12.9. The molecule has 0 spiro atoms. The van der Waals surface area contributed by atoms with E-state index in [9.17, 15) is 8.42 Å². The number of nitrogens with zero attached hydrogens (tertiary/aromatic N) is 4. The number of nitrogens with two attached hydrogens (primary N) is 1. The third-order valence-corrected chi connectivity index (χ3v) is 6.85. The Kier molecular flexibility index (Phi) is 4.16. The quantitative estimate of drug-likeness (QED) is 0.714. The largest absolute Gasteiger partial charge is 0.399 e. The van der Waals surface area contributed by atoms with Crippen LogP contribution in [0.4, 0.5) is 5.69 Å². The van der Waals surface area contributed by atoms with Crippen LogP contribution in [0.25, 0.3) is 16.7 Å². The molecule has 4 rings (SSSR count). The van der Waals surface area contributed by atoms with E-state index < -0.39 is 10.0 Å². The van der Waals surface area contributed by atoms with Gasteiger partial charge in [-0.25, -0.2) is 8.42 Å². The number of piperidine rings is 1. The first kappa shape index (κ1) is 17.0. The smallest absolute Gasteiger partial charge is 0.243 e. The number of benzene rings is 2. The molecule has 0 saturated carbocycles. The van der Waals surface area contributed by atoms with Gasteiger partial charge in [-0.2, -0.15) is 9.10 Å². The van der Waals surface area contributed by atoms with E-state index in [1.54, 1.807) is 40.7 Å². The second-order valence-corrected chi connectivity index (χ2v) is 8.58. The molecule has 1 saturated heterocycles. The van der Waals surface area contributed by atoms with E-state index in [4.69, 9.17) is 5.73 Å². The minimum Gasteiger partial charge on any atom is -0.399 e. The zero-order valence-electron chi connectivity index (χ0n) is 14.5. The summed E-state index contributed by atoms with van der Waals surface area (Å²) >= 11 is 0. The fraction of sp³-hybridized carbons (Fsp3) is 0.333. The minimum absolute atomic E-state index is 0.0389. The van der Waals surface area contributed by atoms with Gasteiger partial charge in [-0.15, -0.1) is 10.2 Å². The lowest BCUT2D eigenvalue weighted by molar-refractivity contribution is 0.268. The lowest BCUT2D eigenvalue weighted by Gasteiger charge is -2.32. The lowest BCUT2D eigenvalue weighted by atomic mass is 10.1. The zero-order valence-corrected chi connectivity index (χ0v) is 15.4. The number of aromatic nitrogens is 3. The van der Waals surface area contributed by atoms with Crippen molar-refractivity contribution in [3.63, 3.8) is 0 Å². The summed E-state index contributed by atoms with van der Waals surface area (Å²) < 4.78 is 27.4. The predicted molar refractivity (Wildman–Crippen MR) is 100 cm³/mol. The number of fused-ring (bicyclic) bond motifs is 1. The molecule has 0 unspecified atom stereocenters. The second-order valence-electron chi connectivity index (χ2n) is 6.69. The molecule has 0 aliphatic carbocycles. The van der Waals surface area contributed by atoms with Crippen molar-refractivity contribution in [2.75, 3.05) is 12.3 Å². The highest BCUT2D eigenvalue weighted by molar-refractivity contribution is 7.89. The van der Waals surface area contributed by atoms with Gasteiger partial charge in [0.15, 0.2) is 0 Å². The fourth-order valence-electron chi connectivity index (χ4n) is 3.36. The van der Waals surface area contributed by atoms with E-state index in [0.29, 0.717) is 28.3 Å². The topological polar surface area (TPSA) is 94.1 Å². The van der Waals surface area contributed by atoms with Crippen LogP contribution in [0.2, 0.25) is 0 Å². The van der Waals surface area contributed by atoms with E-state index >= 15 is 0 Å². The molecule has 8 heteroatoms. The normalized spacial score (nSPS) is 19.0. The summed E-state index contributed by atoms with van der Waals surface area (Å²) in [5, 5.41) is 8.81. The SMILES string of the molecule is C[C@@H]1CCCCN1S(=O)(=O)c1ccc(-n2nc3ccc(N)cc3n2)cc1. The van der Waals surface area contributed by atoms with Crippen LogP contribution < -0.4 is 5.73 Å². The Bertz CT molecular complexity index is 1040. The first-order valence-corrected chi connectivity index (χ1v) is 10.1. The molecule has 1 aromatic heterocycles. The van der Waals surface area contributed by atoms with Crippen molar-refractivity contribution >= 4 is 26.7 Å². The van der Waals surface area contributed by atoms with Gasteiger partial charge in [0, 0.05) is 18.3 Å². The third kappa shape index (κ3) is 2.95. The van der Waals surface area contributed by atoms with Crippen LogP contribution in [-0.2, 0) is 10.0 Å². The first-order valence-electron chi connectivity index (χ1n) is 8.70. The summed E-state index contributed by atoms with van der Waals surface area (Å²) in [5.74, 6) is 0. The van der Waals surface area contributed by atoms with E-state index in [2.05, 4.69) is 10.2 Å². The number of rotatable bonds is 3. The van der Waals surface area contributed by atoms with Gasteiger partial charge in [0.2, 0.25) is 10.0 Å². The molecule has 2 heterocycles. The van der Waals surface area contributed by atoms with Crippen LogP contribution >= 0.6 is 0 Å². The Balaban J connectivity index is 1.65. The van der Waals surface area contributed by atoms with E-state index in [1.165, 1.54) is 4.80 Å². The minimum atomic E-state index is -3.47. The van der Waals surface area contributed by atoms with Gasteiger partial charge >= 0.3 is 0 Å². The average Bonchev–Trinajstić information content (AvgIpc) is 3.05. The van der Waals surface area contributed by atoms with Gasteiger partial charge in [-0.3, -0.25) is 0 Å². The molecule has 0 radical (unpaired) electrons. The third-order valence-electron chi connectivity index (χ3n) is 4.82. The number of anilines is 1. The van der Waals surface area contributed by atoms with Crippen molar-refractivity contribution in [3.05, 3.63) is 42.5 Å². The van der Waals surface area contributed by atoms with Crippen molar-refractivity contribution in [1.82, 2.24) is 19.3 Å². The number of hydrogen-bond donors (Lipinski definition) is 1. The van der Waals surface area contributed by atoms with Crippen LogP contribution in [0, 0.1) is 0 Å². The molecule has 26 heavy (non-hydrogen) atoms. The Morgan fingerprint density at radius 2 is 1.77 bits per heavy atom. The van der Waals surface area contributed by atoms with Crippen LogP contribution in [0.15, 0.2) is 47.4 Å². The molecule has 1 fully saturated rings. The van der Waals surface area contributed by atoms with Crippen LogP contribution in [0.3, 0.4) is 0 Å². The monoisotopic (exact) mass is 371 g/mol. The van der Waals surface area contributed by atoms with Crippen molar-refractivity contribution in [3.8, 4) is 5.69 Å². The fourth-order valence-corrected chi connectivity index (χ4v) is 5.06. The van der Waals surface area contributed by atoms with Crippen LogP contribution in [0.1, 0.15) is 26.2 Å². The molecule has 2 N–H and O–H groups in total. The molecule has 3 aromatic rings. The Labute approximate surface area is 152 Å². The maximum atomic E-state index is 12.9. The summed E-state index contributed by atoms with van der Waals surface area (Å²) in [6.45, 7) is 2.55. The number of sulfonamides is 1. The zero-order chi connectivity index (χ0) is 18.3. The van der Waals surface area contributed by atoms with E-state index in [1.807, 2.05) is 13.0 Å². The highest BCUT2D eigenvalue weighted by atomic mass is 32.2. The van der Waals surface area contributed by atoms with Gasteiger partial charge in [-0.1, -0.05) is 6.42 Å². The van der Waals surface area contributed by atoms with Gasteiger partial charge < -0.3 is 5.73 Å². The molecule has 0 bridgehead atoms. The molecule has 0 amide bonds. The Hall–Kier alpha value is -2.45. The lowest BCUT2D eigenvalue weighted by Crippen LogP contribution is -2.41. The van der Waals surface area contributed by atoms with E-state index in [0.717, 1.165) is 24.8 Å². The summed E-state index contributed by atoms with van der Waals surface area (Å²) in [7, 11) is -3.47. The van der Waals surface area contributed by atoms with E-state index in [-0.39, 0.29) is 6.04 Å². The molecule has 7 nitrogen and oxygen atoms in total. The molecule has 136 valence electrons. The van der Waals surface area contributed by atoms with Gasteiger partial charge in [-0.05, 0) is 62.2 Å². The molecule has 1 atom stereocenters.